The van der Waals surface area contributed by atoms with E-state index in [9.17, 15) is 0 Å². The number of anilines is 1. The second kappa shape index (κ2) is 5.43. The van der Waals surface area contributed by atoms with Crippen LogP contribution in [0.15, 0.2) is 23.2 Å². The first-order valence-electron chi connectivity index (χ1n) is 9.76. The van der Waals surface area contributed by atoms with Crippen LogP contribution in [-0.2, 0) is 13.5 Å². The molecule has 2 aliphatic carbocycles. The van der Waals surface area contributed by atoms with Crippen LogP contribution in [-0.4, -0.2) is 29.5 Å². The molecule has 1 saturated carbocycles. The van der Waals surface area contributed by atoms with Gasteiger partial charge in [0.15, 0.2) is 5.65 Å². The molecule has 0 aliphatic heterocycles. The van der Waals surface area contributed by atoms with Crippen LogP contribution in [0.5, 0.6) is 0 Å². The molecular formula is C20H21N7O. The van der Waals surface area contributed by atoms with Crippen molar-refractivity contribution >= 4 is 16.9 Å². The Hall–Kier alpha value is -3.16. The maximum Gasteiger partial charge on any atom is 0.151 e. The molecule has 4 aromatic rings. The number of aromatic nitrogens is 6. The highest BCUT2D eigenvalue weighted by Gasteiger charge is 2.38. The van der Waals surface area contributed by atoms with Crippen molar-refractivity contribution in [2.24, 2.45) is 7.05 Å². The summed E-state index contributed by atoms with van der Waals surface area (Å²) in [4.78, 5) is 8.86. The number of nitrogens with two attached hydrogens (primary N) is 1. The number of nitrogen functional groups attached to an aromatic ring is 1. The Balaban J connectivity index is 1.73. The highest BCUT2D eigenvalue weighted by atomic mass is 16.5. The largest absolute Gasteiger partial charge is 0.383 e. The average Bonchev–Trinajstić information content (AvgIpc) is 3.18. The first-order chi connectivity index (χ1) is 13.6. The summed E-state index contributed by atoms with van der Waals surface area (Å²) in [6.07, 6.45) is 9.66. The van der Waals surface area contributed by atoms with Gasteiger partial charge in [0.05, 0.1) is 17.3 Å². The first-order valence-corrected chi connectivity index (χ1v) is 9.76. The van der Waals surface area contributed by atoms with E-state index in [1.807, 2.05) is 19.4 Å². The predicted octanol–water partition coefficient (Wildman–Crippen LogP) is 3.32. The Labute approximate surface area is 161 Å². The molecule has 8 heteroatoms. The van der Waals surface area contributed by atoms with Crippen molar-refractivity contribution in [3.8, 4) is 16.9 Å². The van der Waals surface area contributed by atoms with Crippen molar-refractivity contribution in [3.05, 3.63) is 35.7 Å². The van der Waals surface area contributed by atoms with Crippen LogP contribution in [0.4, 0.5) is 5.82 Å². The van der Waals surface area contributed by atoms with E-state index in [1.165, 1.54) is 24.7 Å². The smallest absolute Gasteiger partial charge is 0.151 e. The van der Waals surface area contributed by atoms with E-state index >= 15 is 0 Å². The summed E-state index contributed by atoms with van der Waals surface area (Å²) in [5, 5.41) is 9.76. The fourth-order valence-corrected chi connectivity index (χ4v) is 4.58. The van der Waals surface area contributed by atoms with Crippen LogP contribution in [0, 0.1) is 0 Å². The maximum absolute atomic E-state index is 6.35. The fourth-order valence-electron chi connectivity index (χ4n) is 4.58. The van der Waals surface area contributed by atoms with Gasteiger partial charge in [0.1, 0.15) is 23.6 Å². The molecule has 142 valence electrons. The lowest BCUT2D eigenvalue weighted by Crippen LogP contribution is -2.03. The molecule has 1 unspecified atom stereocenters. The molecule has 1 atom stereocenters. The molecule has 0 aromatic carbocycles. The minimum absolute atomic E-state index is 0.382. The van der Waals surface area contributed by atoms with Gasteiger partial charge >= 0.3 is 0 Å². The summed E-state index contributed by atoms with van der Waals surface area (Å²) in [5.74, 6) is 2.43. The van der Waals surface area contributed by atoms with Crippen LogP contribution in [0.1, 0.15) is 55.0 Å². The van der Waals surface area contributed by atoms with Crippen LogP contribution < -0.4 is 5.73 Å². The standard InChI is InChI=1S/C20H21N7O/c1-10-3-6-13-15(17-14(10)18(28-25-17)11-4-5-11)16-19(21)22-9-23-20(16)27(13)12-7-24-26(2)8-12/h7-11H,3-6H2,1-2H3,(H2,21,22,23). The highest BCUT2D eigenvalue weighted by molar-refractivity contribution is 6.03. The minimum Gasteiger partial charge on any atom is -0.383 e. The van der Waals surface area contributed by atoms with Crippen molar-refractivity contribution in [2.45, 2.75) is 44.4 Å². The third kappa shape index (κ3) is 2.05. The molecule has 0 amide bonds. The lowest BCUT2D eigenvalue weighted by Gasteiger charge is -2.10. The summed E-state index contributed by atoms with van der Waals surface area (Å²) >= 11 is 0. The molecule has 28 heavy (non-hydrogen) atoms. The molecule has 6 rings (SSSR count). The lowest BCUT2D eigenvalue weighted by atomic mass is 9.94. The van der Waals surface area contributed by atoms with Crippen molar-refractivity contribution in [2.75, 3.05) is 5.73 Å². The number of aryl methyl sites for hydroxylation is 1. The number of nitrogens with zero attached hydrogens (tertiary/aromatic N) is 6. The predicted molar refractivity (Wildman–Crippen MR) is 104 cm³/mol. The van der Waals surface area contributed by atoms with Crippen LogP contribution in [0.25, 0.3) is 28.0 Å². The van der Waals surface area contributed by atoms with E-state index in [-0.39, 0.29) is 0 Å². The third-order valence-corrected chi connectivity index (χ3v) is 6.07. The van der Waals surface area contributed by atoms with E-state index in [4.69, 9.17) is 10.3 Å². The monoisotopic (exact) mass is 375 g/mol. The van der Waals surface area contributed by atoms with Crippen LogP contribution in [0.3, 0.4) is 0 Å². The highest BCUT2D eigenvalue weighted by Crippen LogP contribution is 2.50. The molecule has 8 nitrogen and oxygen atoms in total. The molecule has 0 bridgehead atoms. The van der Waals surface area contributed by atoms with E-state index in [0.717, 1.165) is 52.3 Å². The van der Waals surface area contributed by atoms with Gasteiger partial charge < -0.3 is 10.3 Å². The topological polar surface area (TPSA) is 101 Å². The molecule has 4 aromatic heterocycles. The molecule has 4 heterocycles. The van der Waals surface area contributed by atoms with E-state index < -0.39 is 0 Å². The van der Waals surface area contributed by atoms with E-state index in [1.54, 1.807) is 4.68 Å². The SMILES string of the molecule is CC1CCc2c(c3c(N)ncnc3n2-c2cnn(C)c2)-c2noc(C3CC3)c21. The zero-order valence-electron chi connectivity index (χ0n) is 15.9. The Morgan fingerprint density at radius 2 is 2.07 bits per heavy atom. The van der Waals surface area contributed by atoms with Crippen LogP contribution >= 0.6 is 0 Å². The quantitative estimate of drug-likeness (QED) is 0.577. The van der Waals surface area contributed by atoms with Crippen LogP contribution in [0.2, 0.25) is 0 Å². The van der Waals surface area contributed by atoms with Gasteiger partial charge in [0.2, 0.25) is 0 Å². The van der Waals surface area contributed by atoms with Gasteiger partial charge in [-0.25, -0.2) is 9.97 Å². The molecule has 0 radical (unpaired) electrons. The average molecular weight is 375 g/mol. The van der Waals surface area contributed by atoms with Crippen molar-refractivity contribution in [1.29, 1.82) is 0 Å². The van der Waals surface area contributed by atoms with E-state index in [2.05, 4.69) is 31.7 Å². The summed E-state index contributed by atoms with van der Waals surface area (Å²) in [6, 6.07) is 0. The Kier molecular flexibility index (Phi) is 3.08. The number of rotatable bonds is 2. The Bertz CT molecular complexity index is 1230. The fraction of sp³-hybridized carbons (Fsp3) is 0.400. The second-order valence-electron chi connectivity index (χ2n) is 8.01. The summed E-state index contributed by atoms with van der Waals surface area (Å²) in [7, 11) is 1.91. The molecule has 2 N–H and O–H groups in total. The van der Waals surface area contributed by atoms with Gasteiger partial charge in [-0.15, -0.1) is 0 Å². The Morgan fingerprint density at radius 3 is 2.82 bits per heavy atom. The number of fused-ring (bicyclic) bond motifs is 5. The maximum atomic E-state index is 6.35. The van der Waals surface area contributed by atoms with Crippen molar-refractivity contribution in [3.63, 3.8) is 0 Å². The zero-order valence-corrected chi connectivity index (χ0v) is 15.9. The van der Waals surface area contributed by atoms with Gasteiger partial charge in [-0.1, -0.05) is 12.1 Å². The molecule has 1 fully saturated rings. The molecule has 0 spiro atoms. The number of hydrogen-bond acceptors (Lipinski definition) is 6. The van der Waals surface area contributed by atoms with Crippen molar-refractivity contribution < 1.29 is 4.52 Å². The van der Waals surface area contributed by atoms with Gasteiger partial charge in [-0.3, -0.25) is 9.25 Å². The minimum atomic E-state index is 0.382. The number of hydrogen-bond donors (Lipinski definition) is 1. The molecule has 0 saturated heterocycles. The van der Waals surface area contributed by atoms with Gasteiger partial charge in [-0.2, -0.15) is 5.10 Å². The van der Waals surface area contributed by atoms with Gasteiger partial charge in [0.25, 0.3) is 0 Å². The molecular weight excluding hydrogens is 354 g/mol. The summed E-state index contributed by atoms with van der Waals surface area (Å²) in [5.41, 5.74) is 12.4. The lowest BCUT2D eigenvalue weighted by molar-refractivity contribution is 0.382. The summed E-state index contributed by atoms with van der Waals surface area (Å²) < 4.78 is 9.83. The molecule has 2 aliphatic rings. The normalized spacial score (nSPS) is 18.9. The summed E-state index contributed by atoms with van der Waals surface area (Å²) in [6.45, 7) is 2.27. The van der Waals surface area contributed by atoms with Gasteiger partial charge in [-0.05, 0) is 31.6 Å². The zero-order chi connectivity index (χ0) is 19.0. The third-order valence-electron chi connectivity index (χ3n) is 6.07. The second-order valence-corrected chi connectivity index (χ2v) is 8.01. The van der Waals surface area contributed by atoms with Gasteiger partial charge in [0, 0.05) is 36.0 Å². The van der Waals surface area contributed by atoms with Crippen molar-refractivity contribution in [1.82, 2.24) is 29.5 Å². The van der Waals surface area contributed by atoms with E-state index in [0.29, 0.717) is 17.7 Å². The Morgan fingerprint density at radius 1 is 1.21 bits per heavy atom. The first kappa shape index (κ1) is 15.9.